The fourth-order valence-corrected chi connectivity index (χ4v) is 3.70. The van der Waals surface area contributed by atoms with Crippen molar-refractivity contribution in [1.82, 2.24) is 0 Å². The summed E-state index contributed by atoms with van der Waals surface area (Å²) in [5.74, 6) is 0. The minimum absolute atomic E-state index is 0.113. The monoisotopic (exact) mass is 200 g/mol. The maximum atomic E-state index is 3.73. The van der Waals surface area contributed by atoms with Crippen LogP contribution in [0.2, 0.25) is 12.6 Å². The van der Waals surface area contributed by atoms with Crippen molar-refractivity contribution in [2.24, 2.45) is 0 Å². The first kappa shape index (κ1) is 12.2. The summed E-state index contributed by atoms with van der Waals surface area (Å²) in [5.41, 5.74) is 0. The second-order valence-electron chi connectivity index (χ2n) is 4.03. The Morgan fingerprint density at radius 2 is 1.75 bits per heavy atom. The summed E-state index contributed by atoms with van der Waals surface area (Å²) in [4.78, 5) is 0. The zero-order valence-electron chi connectivity index (χ0n) is 8.81. The number of hydrogen-bond acceptors (Lipinski definition) is 0. The van der Waals surface area contributed by atoms with E-state index >= 15 is 0 Å². The zero-order chi connectivity index (χ0) is 9.23. The lowest BCUT2D eigenvalue weighted by atomic mass is 10.1. The molecule has 0 aliphatic carbocycles. The molecule has 0 saturated heterocycles. The van der Waals surface area contributed by atoms with E-state index in [1.807, 2.05) is 6.08 Å². The van der Waals surface area contributed by atoms with Crippen LogP contribution in [0.15, 0.2) is 12.7 Å². The van der Waals surface area contributed by atoms with E-state index in [0.29, 0.717) is 0 Å². The van der Waals surface area contributed by atoms with Crippen molar-refractivity contribution >= 4 is 18.1 Å². The van der Waals surface area contributed by atoms with E-state index in [2.05, 4.69) is 13.1 Å². The fraction of sp³-hybridized carbons (Fsp3) is 0.800. The number of rotatable bonds is 8. The Balaban J connectivity index is 2.86. The summed E-state index contributed by atoms with van der Waals surface area (Å²) in [6.07, 6.45) is 10.5. The van der Waals surface area contributed by atoms with Gasteiger partial charge in [0.1, 0.15) is 0 Å². The highest BCUT2D eigenvalue weighted by molar-refractivity contribution is 7.02. The second-order valence-corrected chi connectivity index (χ2v) is 13.3. The third-order valence-corrected chi connectivity index (χ3v) is 5.48. The maximum Gasteiger partial charge on any atom is 0.0171 e. The molecule has 0 nitrogen and oxygen atoms in total. The Bertz CT molecular complexity index is 100. The summed E-state index contributed by atoms with van der Waals surface area (Å²) in [5, 5.41) is 0. The van der Waals surface area contributed by atoms with Gasteiger partial charge in [-0.1, -0.05) is 44.4 Å². The molecule has 0 bridgehead atoms. The minimum atomic E-state index is -0.113. The van der Waals surface area contributed by atoms with Crippen LogP contribution in [0.1, 0.15) is 38.5 Å². The molecule has 0 N–H and O–H groups in total. The lowest BCUT2D eigenvalue weighted by Gasteiger charge is -2.02. The van der Waals surface area contributed by atoms with Gasteiger partial charge in [-0.05, 0) is 22.6 Å². The predicted molar refractivity (Wildman–Crippen MR) is 65.7 cm³/mol. The zero-order valence-corrected chi connectivity index (χ0v) is 12.0. The molecule has 2 heteroatoms. The highest BCUT2D eigenvalue weighted by Crippen LogP contribution is 2.08. The Hall–Kier alpha value is 0.174. The van der Waals surface area contributed by atoms with Crippen LogP contribution in [-0.4, -0.2) is 18.1 Å². The minimum Gasteiger partial charge on any atom is -0.103 e. The van der Waals surface area contributed by atoms with Crippen LogP contribution in [0, 0.1) is 0 Å². The van der Waals surface area contributed by atoms with Crippen LogP contribution in [-0.2, 0) is 0 Å². The fourth-order valence-electron chi connectivity index (χ4n) is 1.37. The first-order valence-corrected chi connectivity index (χ1v) is 12.0. The maximum absolute atomic E-state index is 3.73. The normalized spacial score (nSPS) is 13.1. The van der Waals surface area contributed by atoms with E-state index in [4.69, 9.17) is 0 Å². The van der Waals surface area contributed by atoms with Crippen LogP contribution in [0.5, 0.6) is 0 Å². The molecule has 1 atom stereocenters. The van der Waals surface area contributed by atoms with Gasteiger partial charge in [0.05, 0.1) is 0 Å². The van der Waals surface area contributed by atoms with Gasteiger partial charge in [-0.25, -0.2) is 0 Å². The average molecular weight is 200 g/mol. The van der Waals surface area contributed by atoms with Crippen molar-refractivity contribution in [3.8, 4) is 0 Å². The molecule has 0 aliphatic heterocycles. The third kappa shape index (κ3) is 10.2. The van der Waals surface area contributed by atoms with Gasteiger partial charge in [0.25, 0.3) is 0 Å². The highest BCUT2D eigenvalue weighted by Gasteiger charge is 1.94. The summed E-state index contributed by atoms with van der Waals surface area (Å²) in [6, 6.07) is 1.60. The Kier molecular flexibility index (Phi) is 9.40. The second kappa shape index (κ2) is 9.26. The molecule has 0 radical (unpaired) electrons. The van der Waals surface area contributed by atoms with Crippen LogP contribution in [0.3, 0.4) is 0 Å². The summed E-state index contributed by atoms with van der Waals surface area (Å²) >= 11 is 0. The van der Waals surface area contributed by atoms with Gasteiger partial charge < -0.3 is 0 Å². The van der Waals surface area contributed by atoms with Crippen LogP contribution < -0.4 is 0 Å². The third-order valence-electron chi connectivity index (χ3n) is 2.19. The van der Waals surface area contributed by atoms with Crippen LogP contribution in [0.4, 0.5) is 0 Å². The molecule has 1 unspecified atom stereocenters. The van der Waals surface area contributed by atoms with Crippen molar-refractivity contribution in [3.05, 3.63) is 12.7 Å². The van der Waals surface area contributed by atoms with E-state index in [1.165, 1.54) is 48.3 Å². The standard InChI is InChI=1S/C10H24Si2/c1-3-4-5-6-7-8-9-10-12(2)11/h3,12H,1,4-10H2,2,11H3. The first-order valence-electron chi connectivity index (χ1n) is 5.38. The SMILES string of the molecule is C=CCCCCCCC[SiH](C)[SiH3]. The van der Waals surface area contributed by atoms with Gasteiger partial charge in [0.2, 0.25) is 0 Å². The summed E-state index contributed by atoms with van der Waals surface area (Å²) in [7, 11) is 1.40. The molecule has 0 saturated carbocycles. The average Bonchev–Trinajstić information content (AvgIpc) is 2.02. The van der Waals surface area contributed by atoms with Crippen molar-refractivity contribution in [1.29, 1.82) is 0 Å². The molecule has 12 heavy (non-hydrogen) atoms. The molecular formula is C10H24Si2. The molecule has 0 aromatic carbocycles. The lowest BCUT2D eigenvalue weighted by molar-refractivity contribution is 0.636. The molecule has 72 valence electrons. The first-order chi connectivity index (χ1) is 5.77. The quantitative estimate of drug-likeness (QED) is 0.320. The molecular weight excluding hydrogens is 176 g/mol. The topological polar surface area (TPSA) is 0 Å². The highest BCUT2D eigenvalue weighted by atomic mass is 29.1. The smallest absolute Gasteiger partial charge is 0.0171 e. The Morgan fingerprint density at radius 3 is 2.33 bits per heavy atom. The number of hydrogen-bond donors (Lipinski definition) is 0. The van der Waals surface area contributed by atoms with Gasteiger partial charge in [-0.2, -0.15) is 0 Å². The van der Waals surface area contributed by atoms with Crippen LogP contribution >= 0.6 is 0 Å². The molecule has 0 spiro atoms. The van der Waals surface area contributed by atoms with Crippen LogP contribution in [0.25, 0.3) is 0 Å². The van der Waals surface area contributed by atoms with Gasteiger partial charge in [-0.15, -0.1) is 6.58 Å². The molecule has 0 aliphatic rings. The van der Waals surface area contributed by atoms with E-state index in [1.54, 1.807) is 6.04 Å². The molecule has 0 aromatic rings. The lowest BCUT2D eigenvalue weighted by Crippen LogP contribution is -2.04. The molecule has 0 aromatic heterocycles. The molecule has 0 heterocycles. The molecule has 0 fully saturated rings. The number of allylic oxidation sites excluding steroid dienone is 1. The van der Waals surface area contributed by atoms with Crippen molar-refractivity contribution in [2.45, 2.75) is 51.1 Å². The van der Waals surface area contributed by atoms with E-state index < -0.39 is 0 Å². The Labute approximate surface area is 82.3 Å². The van der Waals surface area contributed by atoms with Crippen molar-refractivity contribution in [2.75, 3.05) is 0 Å². The van der Waals surface area contributed by atoms with Gasteiger partial charge in [-0.3, -0.25) is 0 Å². The Morgan fingerprint density at radius 1 is 1.17 bits per heavy atom. The summed E-state index contributed by atoms with van der Waals surface area (Å²) in [6.45, 7) is 6.23. The van der Waals surface area contributed by atoms with Crippen molar-refractivity contribution in [3.63, 3.8) is 0 Å². The largest absolute Gasteiger partial charge is 0.103 e. The van der Waals surface area contributed by atoms with Gasteiger partial charge in [0, 0.05) is 8.31 Å². The molecule has 0 rings (SSSR count). The predicted octanol–water partition coefficient (Wildman–Crippen LogP) is 2.23. The van der Waals surface area contributed by atoms with Gasteiger partial charge in [0.15, 0.2) is 0 Å². The summed E-state index contributed by atoms with van der Waals surface area (Å²) < 4.78 is 0. The van der Waals surface area contributed by atoms with E-state index in [9.17, 15) is 0 Å². The van der Waals surface area contributed by atoms with Gasteiger partial charge >= 0.3 is 0 Å². The molecule has 0 amide bonds. The van der Waals surface area contributed by atoms with E-state index in [0.717, 1.165) is 0 Å². The van der Waals surface area contributed by atoms with Crippen molar-refractivity contribution < 1.29 is 0 Å². The number of unbranched alkanes of at least 4 members (excludes halogenated alkanes) is 5. The van der Waals surface area contributed by atoms with E-state index in [-0.39, 0.29) is 8.31 Å².